The Morgan fingerprint density at radius 3 is 2.71 bits per heavy atom. The van der Waals surface area contributed by atoms with E-state index in [0.29, 0.717) is 5.95 Å². The third kappa shape index (κ3) is 5.22. The van der Waals surface area contributed by atoms with E-state index in [1.165, 1.54) is 5.56 Å². The maximum Gasteiger partial charge on any atom is 0.228 e. The van der Waals surface area contributed by atoms with Crippen molar-refractivity contribution in [2.24, 2.45) is 0 Å². The number of nitrogens with one attached hydrogen (secondary N) is 1. The Balaban J connectivity index is 1.42. The van der Waals surface area contributed by atoms with E-state index in [9.17, 15) is 0 Å². The van der Waals surface area contributed by atoms with Crippen LogP contribution in [0.4, 0.5) is 17.3 Å². The SMILES string of the molecule is Nc1ccc(Sc2ccnc(Nc3cccc(CN4CCOCC4)c3)n2)cc1. The zero-order valence-corrected chi connectivity index (χ0v) is 16.4. The second-order valence-corrected chi connectivity index (χ2v) is 7.70. The molecule has 1 aliphatic rings. The van der Waals surface area contributed by atoms with Crippen LogP contribution >= 0.6 is 11.8 Å². The highest BCUT2D eigenvalue weighted by Crippen LogP contribution is 2.27. The van der Waals surface area contributed by atoms with Crippen LogP contribution in [0.2, 0.25) is 0 Å². The molecule has 0 aliphatic carbocycles. The fourth-order valence-electron chi connectivity index (χ4n) is 3.01. The molecule has 2 heterocycles. The monoisotopic (exact) mass is 393 g/mol. The molecule has 0 spiro atoms. The molecule has 3 aromatic rings. The molecular weight excluding hydrogens is 370 g/mol. The van der Waals surface area contributed by atoms with Gasteiger partial charge in [0.05, 0.1) is 13.2 Å². The molecule has 144 valence electrons. The van der Waals surface area contributed by atoms with Crippen LogP contribution in [0.1, 0.15) is 5.56 Å². The molecular formula is C21H23N5OS. The molecule has 0 atom stereocenters. The summed E-state index contributed by atoms with van der Waals surface area (Å²) in [6.07, 6.45) is 1.77. The number of benzene rings is 2. The maximum atomic E-state index is 5.75. The summed E-state index contributed by atoms with van der Waals surface area (Å²) in [5.41, 5.74) is 8.75. The predicted molar refractivity (Wildman–Crippen MR) is 113 cm³/mol. The summed E-state index contributed by atoms with van der Waals surface area (Å²) in [4.78, 5) is 12.5. The quantitative estimate of drug-likeness (QED) is 0.487. The van der Waals surface area contributed by atoms with Crippen LogP contribution in [0.15, 0.2) is 70.7 Å². The van der Waals surface area contributed by atoms with Crippen molar-refractivity contribution in [1.29, 1.82) is 0 Å². The van der Waals surface area contributed by atoms with Gasteiger partial charge >= 0.3 is 0 Å². The van der Waals surface area contributed by atoms with Crippen molar-refractivity contribution < 1.29 is 4.74 Å². The van der Waals surface area contributed by atoms with Gasteiger partial charge in [0, 0.05) is 42.1 Å². The minimum atomic E-state index is 0.587. The molecule has 1 saturated heterocycles. The highest BCUT2D eigenvalue weighted by Gasteiger charge is 2.11. The van der Waals surface area contributed by atoms with E-state index in [-0.39, 0.29) is 0 Å². The highest BCUT2D eigenvalue weighted by atomic mass is 32.2. The topological polar surface area (TPSA) is 76.3 Å². The van der Waals surface area contributed by atoms with Gasteiger partial charge in [-0.2, -0.15) is 0 Å². The molecule has 6 nitrogen and oxygen atoms in total. The average Bonchev–Trinajstić information content (AvgIpc) is 2.71. The number of nitrogens with zero attached hydrogens (tertiary/aromatic N) is 3. The van der Waals surface area contributed by atoms with Crippen LogP contribution in [-0.4, -0.2) is 41.2 Å². The normalized spacial score (nSPS) is 14.7. The van der Waals surface area contributed by atoms with Crippen LogP contribution in [0.5, 0.6) is 0 Å². The third-order valence-corrected chi connectivity index (χ3v) is 5.37. The van der Waals surface area contributed by atoms with Gasteiger partial charge in [-0.15, -0.1) is 0 Å². The Labute approximate surface area is 169 Å². The smallest absolute Gasteiger partial charge is 0.228 e. The van der Waals surface area contributed by atoms with Crippen molar-refractivity contribution in [3.63, 3.8) is 0 Å². The fraction of sp³-hybridized carbons (Fsp3) is 0.238. The average molecular weight is 394 g/mol. The fourth-order valence-corrected chi connectivity index (χ4v) is 3.78. The molecule has 0 radical (unpaired) electrons. The Bertz CT molecular complexity index is 913. The lowest BCUT2D eigenvalue weighted by atomic mass is 10.2. The zero-order valence-electron chi connectivity index (χ0n) is 15.5. The molecule has 28 heavy (non-hydrogen) atoms. The van der Waals surface area contributed by atoms with Gasteiger partial charge in [-0.3, -0.25) is 4.90 Å². The molecule has 1 fully saturated rings. The van der Waals surface area contributed by atoms with Gasteiger partial charge in [0.1, 0.15) is 5.03 Å². The van der Waals surface area contributed by atoms with Gasteiger partial charge < -0.3 is 15.8 Å². The maximum absolute atomic E-state index is 5.75. The van der Waals surface area contributed by atoms with E-state index in [0.717, 1.165) is 54.1 Å². The first kappa shape index (κ1) is 18.7. The molecule has 3 N–H and O–H groups in total. The Hall–Kier alpha value is -2.61. The van der Waals surface area contributed by atoms with Crippen LogP contribution in [0.25, 0.3) is 0 Å². The summed E-state index contributed by atoms with van der Waals surface area (Å²) in [6.45, 7) is 4.50. The molecule has 1 aromatic heterocycles. The number of nitrogen functional groups attached to an aromatic ring is 1. The standard InChI is InChI=1S/C21H23N5OS/c22-17-4-6-19(7-5-17)28-20-8-9-23-21(25-20)24-18-3-1-2-16(14-18)15-26-10-12-27-13-11-26/h1-9,14H,10-13,15,22H2,(H,23,24,25). The van der Waals surface area contributed by atoms with Crippen molar-refractivity contribution in [3.8, 4) is 0 Å². The summed E-state index contributed by atoms with van der Waals surface area (Å²) in [6, 6.07) is 18.1. The number of morpholine rings is 1. The van der Waals surface area contributed by atoms with Gasteiger partial charge in [-0.25, -0.2) is 9.97 Å². The molecule has 0 saturated carbocycles. The van der Waals surface area contributed by atoms with E-state index in [1.807, 2.05) is 36.4 Å². The van der Waals surface area contributed by atoms with Gasteiger partial charge in [0.2, 0.25) is 5.95 Å². The van der Waals surface area contributed by atoms with Crippen molar-refractivity contribution in [3.05, 3.63) is 66.4 Å². The largest absolute Gasteiger partial charge is 0.399 e. The molecule has 0 unspecified atom stereocenters. The van der Waals surface area contributed by atoms with Gasteiger partial charge in [0.15, 0.2) is 0 Å². The van der Waals surface area contributed by atoms with Crippen molar-refractivity contribution >= 4 is 29.1 Å². The van der Waals surface area contributed by atoms with E-state index in [4.69, 9.17) is 10.5 Å². The number of hydrogen-bond acceptors (Lipinski definition) is 7. The number of aromatic nitrogens is 2. The van der Waals surface area contributed by atoms with Crippen molar-refractivity contribution in [2.45, 2.75) is 16.5 Å². The first-order valence-electron chi connectivity index (χ1n) is 9.27. The Morgan fingerprint density at radius 2 is 1.89 bits per heavy atom. The molecule has 2 aromatic carbocycles. The molecule has 0 bridgehead atoms. The zero-order chi connectivity index (χ0) is 19.2. The van der Waals surface area contributed by atoms with Crippen LogP contribution in [0, 0.1) is 0 Å². The summed E-state index contributed by atoms with van der Waals surface area (Å²) in [5.74, 6) is 0.587. The van der Waals surface area contributed by atoms with Gasteiger partial charge in [-0.1, -0.05) is 23.9 Å². The summed E-state index contributed by atoms with van der Waals surface area (Å²) >= 11 is 1.58. The van der Waals surface area contributed by atoms with Gasteiger partial charge in [0.25, 0.3) is 0 Å². The minimum Gasteiger partial charge on any atom is -0.399 e. The molecule has 4 rings (SSSR count). The highest BCUT2D eigenvalue weighted by molar-refractivity contribution is 7.99. The number of ether oxygens (including phenoxy) is 1. The van der Waals surface area contributed by atoms with Crippen molar-refractivity contribution in [2.75, 3.05) is 37.4 Å². The second-order valence-electron chi connectivity index (χ2n) is 6.60. The van der Waals surface area contributed by atoms with E-state index >= 15 is 0 Å². The third-order valence-electron chi connectivity index (χ3n) is 4.43. The van der Waals surface area contributed by atoms with Crippen LogP contribution in [-0.2, 0) is 11.3 Å². The number of anilines is 3. The number of nitrogens with two attached hydrogens (primary N) is 1. The van der Waals surface area contributed by atoms with E-state index in [2.05, 4.69) is 38.4 Å². The molecule has 7 heteroatoms. The van der Waals surface area contributed by atoms with E-state index < -0.39 is 0 Å². The summed E-state index contributed by atoms with van der Waals surface area (Å²) < 4.78 is 5.42. The molecule has 1 aliphatic heterocycles. The van der Waals surface area contributed by atoms with Crippen molar-refractivity contribution in [1.82, 2.24) is 14.9 Å². The van der Waals surface area contributed by atoms with E-state index in [1.54, 1.807) is 18.0 Å². The first-order chi connectivity index (χ1) is 13.7. The van der Waals surface area contributed by atoms with Crippen LogP contribution < -0.4 is 11.1 Å². The lowest BCUT2D eigenvalue weighted by molar-refractivity contribution is 0.0342. The lowest BCUT2D eigenvalue weighted by Gasteiger charge is -2.26. The summed E-state index contributed by atoms with van der Waals surface area (Å²) in [7, 11) is 0. The number of rotatable bonds is 6. The van der Waals surface area contributed by atoms with Crippen LogP contribution in [0.3, 0.4) is 0 Å². The second kappa shape index (κ2) is 9.05. The Morgan fingerprint density at radius 1 is 1.07 bits per heavy atom. The lowest BCUT2D eigenvalue weighted by Crippen LogP contribution is -2.35. The van der Waals surface area contributed by atoms with Gasteiger partial charge in [-0.05, 0) is 48.0 Å². The minimum absolute atomic E-state index is 0.587. The molecule has 0 amide bonds. The number of hydrogen-bond donors (Lipinski definition) is 2. The first-order valence-corrected chi connectivity index (χ1v) is 10.1. The predicted octanol–water partition coefficient (Wildman–Crippen LogP) is 3.79. The summed E-state index contributed by atoms with van der Waals surface area (Å²) in [5, 5.41) is 4.20. The Kier molecular flexibility index (Phi) is 6.06.